The number of hydrazine groups is 1. The summed E-state index contributed by atoms with van der Waals surface area (Å²) in [5.74, 6) is 5.52. The molecule has 2 aromatic rings. The van der Waals surface area contributed by atoms with Crippen LogP contribution in [-0.4, -0.2) is 14.8 Å². The van der Waals surface area contributed by atoms with E-state index < -0.39 is 0 Å². The second-order valence-electron chi connectivity index (χ2n) is 3.00. The quantitative estimate of drug-likeness (QED) is 0.625. The van der Waals surface area contributed by atoms with Crippen LogP contribution >= 0.6 is 22.9 Å². The van der Waals surface area contributed by atoms with Crippen molar-refractivity contribution >= 4 is 22.9 Å². The fraction of sp³-hybridized carbons (Fsp3) is 0.250. The smallest absolute Gasteiger partial charge is 0.100 e. The Balaban J connectivity index is 2.44. The average Bonchev–Trinajstić information content (AvgIpc) is 2.83. The number of halogens is 1. The standard InChI is InChI=1S/C8H10ClN5S/c1-14-8(5(9)2-12-14)7(13-10)6-3-11-4-15-6/h2-4,7,13H,10H2,1H3. The van der Waals surface area contributed by atoms with Crippen LogP contribution in [0, 0.1) is 0 Å². The molecule has 2 aromatic heterocycles. The minimum Gasteiger partial charge on any atom is -0.270 e. The van der Waals surface area contributed by atoms with Crippen molar-refractivity contribution in [2.24, 2.45) is 12.9 Å². The molecule has 0 saturated heterocycles. The molecule has 15 heavy (non-hydrogen) atoms. The molecule has 0 aliphatic carbocycles. The van der Waals surface area contributed by atoms with Crippen molar-refractivity contribution in [2.75, 3.05) is 0 Å². The highest BCUT2D eigenvalue weighted by Crippen LogP contribution is 2.28. The van der Waals surface area contributed by atoms with Gasteiger partial charge in [-0.1, -0.05) is 11.6 Å². The van der Waals surface area contributed by atoms with Gasteiger partial charge in [-0.05, 0) is 0 Å². The van der Waals surface area contributed by atoms with Gasteiger partial charge < -0.3 is 0 Å². The van der Waals surface area contributed by atoms with Gasteiger partial charge in [-0.25, -0.2) is 5.43 Å². The van der Waals surface area contributed by atoms with E-state index in [1.54, 1.807) is 22.6 Å². The predicted molar refractivity (Wildman–Crippen MR) is 59.5 cm³/mol. The number of nitrogens with zero attached hydrogens (tertiary/aromatic N) is 3. The summed E-state index contributed by atoms with van der Waals surface area (Å²) in [4.78, 5) is 5.01. The second kappa shape index (κ2) is 4.28. The van der Waals surface area contributed by atoms with Gasteiger partial charge in [-0.2, -0.15) is 5.10 Å². The van der Waals surface area contributed by atoms with Gasteiger partial charge in [0.2, 0.25) is 0 Å². The molecule has 80 valence electrons. The summed E-state index contributed by atoms with van der Waals surface area (Å²) < 4.78 is 1.70. The van der Waals surface area contributed by atoms with E-state index >= 15 is 0 Å². The molecule has 0 fully saturated rings. The minimum atomic E-state index is -0.169. The summed E-state index contributed by atoms with van der Waals surface area (Å²) in [5.41, 5.74) is 5.30. The molecule has 3 N–H and O–H groups in total. The van der Waals surface area contributed by atoms with Crippen LogP contribution in [0.5, 0.6) is 0 Å². The van der Waals surface area contributed by atoms with Gasteiger partial charge >= 0.3 is 0 Å². The van der Waals surface area contributed by atoms with Crippen molar-refractivity contribution in [3.8, 4) is 0 Å². The first-order valence-corrected chi connectivity index (χ1v) is 5.51. The number of aryl methyl sites for hydroxylation is 1. The molecule has 1 unspecified atom stereocenters. The largest absolute Gasteiger partial charge is 0.270 e. The van der Waals surface area contributed by atoms with Crippen molar-refractivity contribution in [1.29, 1.82) is 0 Å². The third kappa shape index (κ3) is 1.89. The molecule has 0 bridgehead atoms. The molecule has 0 spiro atoms. The van der Waals surface area contributed by atoms with Crippen molar-refractivity contribution in [3.05, 3.63) is 33.5 Å². The van der Waals surface area contributed by atoms with Gasteiger partial charge in [0.15, 0.2) is 0 Å². The highest BCUT2D eigenvalue weighted by atomic mass is 35.5. The number of hydrogen-bond donors (Lipinski definition) is 2. The van der Waals surface area contributed by atoms with Gasteiger partial charge in [0, 0.05) is 18.1 Å². The van der Waals surface area contributed by atoms with Crippen LogP contribution in [0.15, 0.2) is 17.9 Å². The summed E-state index contributed by atoms with van der Waals surface area (Å²) in [6.07, 6.45) is 3.36. The number of aromatic nitrogens is 3. The third-order valence-corrected chi connectivity index (χ3v) is 3.25. The molecule has 0 aliphatic rings. The van der Waals surface area contributed by atoms with Crippen molar-refractivity contribution in [2.45, 2.75) is 6.04 Å². The van der Waals surface area contributed by atoms with Gasteiger partial charge in [-0.3, -0.25) is 15.5 Å². The zero-order chi connectivity index (χ0) is 10.8. The number of rotatable bonds is 3. The second-order valence-corrected chi connectivity index (χ2v) is 4.33. The molecule has 0 amide bonds. The van der Waals surface area contributed by atoms with Gasteiger partial charge in [-0.15, -0.1) is 11.3 Å². The fourth-order valence-corrected chi connectivity index (χ4v) is 2.36. The maximum Gasteiger partial charge on any atom is 0.100 e. The normalized spacial score (nSPS) is 13.0. The molecule has 0 aliphatic heterocycles. The first kappa shape index (κ1) is 10.6. The van der Waals surface area contributed by atoms with Crippen LogP contribution in [0.2, 0.25) is 5.02 Å². The van der Waals surface area contributed by atoms with E-state index in [9.17, 15) is 0 Å². The Kier molecular flexibility index (Phi) is 3.01. The topological polar surface area (TPSA) is 68.8 Å². The molecule has 5 nitrogen and oxygen atoms in total. The SMILES string of the molecule is Cn1ncc(Cl)c1C(NN)c1cncs1. The van der Waals surface area contributed by atoms with E-state index in [1.807, 2.05) is 7.05 Å². The number of thiazole rings is 1. The number of hydrogen-bond acceptors (Lipinski definition) is 5. The Morgan fingerprint density at radius 1 is 1.60 bits per heavy atom. The zero-order valence-electron chi connectivity index (χ0n) is 8.01. The Bertz CT molecular complexity index is 418. The molecule has 0 radical (unpaired) electrons. The van der Waals surface area contributed by atoms with Crippen LogP contribution < -0.4 is 11.3 Å². The van der Waals surface area contributed by atoms with Crippen LogP contribution in [0.1, 0.15) is 16.6 Å². The predicted octanol–water partition coefficient (Wildman–Crippen LogP) is 1.08. The zero-order valence-corrected chi connectivity index (χ0v) is 9.59. The van der Waals surface area contributed by atoms with E-state index in [4.69, 9.17) is 17.4 Å². The van der Waals surface area contributed by atoms with Gasteiger partial charge in [0.25, 0.3) is 0 Å². The molecule has 2 heterocycles. The van der Waals surface area contributed by atoms with Gasteiger partial charge in [0.05, 0.1) is 22.4 Å². The van der Waals surface area contributed by atoms with Crippen LogP contribution in [-0.2, 0) is 7.05 Å². The summed E-state index contributed by atoms with van der Waals surface area (Å²) in [6, 6.07) is -0.169. The highest BCUT2D eigenvalue weighted by Gasteiger charge is 2.20. The van der Waals surface area contributed by atoms with E-state index in [2.05, 4.69) is 15.5 Å². The van der Waals surface area contributed by atoms with Crippen LogP contribution in [0.25, 0.3) is 0 Å². The van der Waals surface area contributed by atoms with Gasteiger partial charge in [0.1, 0.15) is 6.04 Å². The Morgan fingerprint density at radius 2 is 2.40 bits per heavy atom. The van der Waals surface area contributed by atoms with Crippen molar-refractivity contribution in [3.63, 3.8) is 0 Å². The number of nitrogens with two attached hydrogens (primary N) is 1. The van der Waals surface area contributed by atoms with Crippen molar-refractivity contribution in [1.82, 2.24) is 20.2 Å². The average molecular weight is 244 g/mol. The maximum atomic E-state index is 6.04. The fourth-order valence-electron chi connectivity index (χ4n) is 1.41. The lowest BCUT2D eigenvalue weighted by molar-refractivity contribution is 0.581. The molecular weight excluding hydrogens is 234 g/mol. The Hall–Kier alpha value is -0.950. The highest BCUT2D eigenvalue weighted by molar-refractivity contribution is 7.09. The molecule has 2 rings (SSSR count). The monoisotopic (exact) mass is 243 g/mol. The molecule has 1 atom stereocenters. The van der Waals surface area contributed by atoms with Crippen LogP contribution in [0.4, 0.5) is 0 Å². The molecule has 0 saturated carbocycles. The third-order valence-electron chi connectivity index (χ3n) is 2.11. The van der Waals surface area contributed by atoms with E-state index in [0.717, 1.165) is 10.6 Å². The molecule has 7 heteroatoms. The van der Waals surface area contributed by atoms with Crippen LogP contribution in [0.3, 0.4) is 0 Å². The maximum absolute atomic E-state index is 6.04. The van der Waals surface area contributed by atoms with E-state index in [1.165, 1.54) is 11.3 Å². The van der Waals surface area contributed by atoms with E-state index in [-0.39, 0.29) is 6.04 Å². The minimum absolute atomic E-state index is 0.169. The lowest BCUT2D eigenvalue weighted by Gasteiger charge is -2.14. The first-order chi connectivity index (χ1) is 7.24. The summed E-state index contributed by atoms with van der Waals surface area (Å²) in [6.45, 7) is 0. The number of nitrogens with one attached hydrogen (secondary N) is 1. The Morgan fingerprint density at radius 3 is 2.87 bits per heavy atom. The lowest BCUT2D eigenvalue weighted by atomic mass is 10.2. The summed E-state index contributed by atoms with van der Waals surface area (Å²) >= 11 is 7.56. The lowest BCUT2D eigenvalue weighted by Crippen LogP contribution is -2.30. The molecule has 0 aromatic carbocycles. The summed E-state index contributed by atoms with van der Waals surface area (Å²) in [7, 11) is 1.83. The summed E-state index contributed by atoms with van der Waals surface area (Å²) in [5, 5.41) is 4.66. The Labute approximate surface area is 95.8 Å². The first-order valence-electron chi connectivity index (χ1n) is 4.26. The molecular formula is C8H10ClN5S. The van der Waals surface area contributed by atoms with E-state index in [0.29, 0.717) is 5.02 Å². The van der Waals surface area contributed by atoms with Crippen molar-refractivity contribution < 1.29 is 0 Å².